The molecule has 0 spiro atoms. The predicted octanol–water partition coefficient (Wildman–Crippen LogP) is 0.130. The SMILES string of the molecule is CC(C)C[C@H](N)CCC(=O)NN. The first kappa shape index (κ1) is 11.4. The Morgan fingerprint density at radius 1 is 1.50 bits per heavy atom. The molecule has 0 heterocycles. The molecule has 72 valence electrons. The van der Waals surface area contributed by atoms with Gasteiger partial charge in [-0.3, -0.25) is 10.2 Å². The minimum absolute atomic E-state index is 0.113. The summed E-state index contributed by atoms with van der Waals surface area (Å²) in [5.74, 6) is 5.36. The van der Waals surface area contributed by atoms with Gasteiger partial charge in [-0.15, -0.1) is 0 Å². The zero-order valence-electron chi connectivity index (χ0n) is 7.84. The molecule has 0 saturated carbocycles. The number of carbonyl (C=O) groups excluding carboxylic acids is 1. The third-order valence-electron chi connectivity index (χ3n) is 1.68. The van der Waals surface area contributed by atoms with Gasteiger partial charge in [0.15, 0.2) is 0 Å². The second-order valence-electron chi connectivity index (χ2n) is 3.50. The summed E-state index contributed by atoms with van der Waals surface area (Å²) < 4.78 is 0. The summed E-state index contributed by atoms with van der Waals surface area (Å²) in [7, 11) is 0. The molecule has 1 atom stereocenters. The first-order valence-corrected chi connectivity index (χ1v) is 4.31. The van der Waals surface area contributed by atoms with Gasteiger partial charge in [0.25, 0.3) is 0 Å². The molecule has 0 aliphatic rings. The summed E-state index contributed by atoms with van der Waals surface area (Å²) in [5, 5.41) is 0. The van der Waals surface area contributed by atoms with Gasteiger partial charge in [0.1, 0.15) is 0 Å². The van der Waals surface area contributed by atoms with E-state index in [-0.39, 0.29) is 11.9 Å². The molecule has 0 aliphatic carbocycles. The van der Waals surface area contributed by atoms with E-state index in [0.717, 1.165) is 6.42 Å². The minimum Gasteiger partial charge on any atom is -0.328 e. The lowest BCUT2D eigenvalue weighted by molar-refractivity contribution is -0.121. The highest BCUT2D eigenvalue weighted by Gasteiger charge is 2.07. The summed E-state index contributed by atoms with van der Waals surface area (Å²) in [5.41, 5.74) is 7.84. The van der Waals surface area contributed by atoms with Crippen LogP contribution in [-0.4, -0.2) is 11.9 Å². The standard InChI is InChI=1S/C8H19N3O/c1-6(2)5-7(9)3-4-8(12)11-10/h6-7H,3-5,9-10H2,1-2H3,(H,11,12)/t7-/m1/s1. The van der Waals surface area contributed by atoms with Gasteiger partial charge in [0.05, 0.1) is 0 Å². The molecule has 4 heteroatoms. The zero-order valence-corrected chi connectivity index (χ0v) is 7.84. The van der Waals surface area contributed by atoms with Gasteiger partial charge < -0.3 is 5.73 Å². The van der Waals surface area contributed by atoms with Crippen LogP contribution >= 0.6 is 0 Å². The molecule has 0 radical (unpaired) electrons. The first-order valence-electron chi connectivity index (χ1n) is 4.31. The van der Waals surface area contributed by atoms with Crippen molar-refractivity contribution in [1.82, 2.24) is 5.43 Å². The van der Waals surface area contributed by atoms with Crippen LogP contribution in [0.3, 0.4) is 0 Å². The molecule has 1 amide bonds. The molecule has 0 saturated heterocycles. The van der Waals surface area contributed by atoms with Gasteiger partial charge in [0.2, 0.25) is 5.91 Å². The summed E-state index contributed by atoms with van der Waals surface area (Å²) in [6, 6.07) is 0.113. The maximum atomic E-state index is 10.7. The number of hydrogen-bond acceptors (Lipinski definition) is 3. The second kappa shape index (κ2) is 5.97. The van der Waals surface area contributed by atoms with E-state index in [1.54, 1.807) is 0 Å². The lowest BCUT2D eigenvalue weighted by atomic mass is 10.0. The molecule has 5 N–H and O–H groups in total. The van der Waals surface area contributed by atoms with Crippen LogP contribution in [0.25, 0.3) is 0 Å². The molecule has 0 bridgehead atoms. The summed E-state index contributed by atoms with van der Waals surface area (Å²) in [6.07, 6.45) is 2.09. The molecule has 0 aromatic carbocycles. The maximum Gasteiger partial charge on any atom is 0.233 e. The number of carbonyl (C=O) groups is 1. The van der Waals surface area contributed by atoms with E-state index in [9.17, 15) is 4.79 Å². The molecule has 12 heavy (non-hydrogen) atoms. The van der Waals surface area contributed by atoms with Crippen molar-refractivity contribution in [1.29, 1.82) is 0 Å². The highest BCUT2D eigenvalue weighted by atomic mass is 16.2. The molecule has 0 fully saturated rings. The van der Waals surface area contributed by atoms with Gasteiger partial charge in [-0.2, -0.15) is 0 Å². The third kappa shape index (κ3) is 6.12. The Labute approximate surface area is 73.7 Å². The van der Waals surface area contributed by atoms with Crippen LogP contribution in [0.4, 0.5) is 0 Å². The normalized spacial score (nSPS) is 13.1. The summed E-state index contributed by atoms with van der Waals surface area (Å²) in [6.45, 7) is 4.23. The number of nitrogens with two attached hydrogens (primary N) is 2. The van der Waals surface area contributed by atoms with Crippen LogP contribution in [0.15, 0.2) is 0 Å². The fourth-order valence-electron chi connectivity index (χ4n) is 1.11. The van der Waals surface area contributed by atoms with E-state index in [4.69, 9.17) is 11.6 Å². The van der Waals surface area contributed by atoms with E-state index in [1.165, 1.54) is 0 Å². The lowest BCUT2D eigenvalue weighted by Gasteiger charge is -2.12. The molecular formula is C8H19N3O. The van der Waals surface area contributed by atoms with E-state index < -0.39 is 0 Å². The van der Waals surface area contributed by atoms with E-state index in [2.05, 4.69) is 19.3 Å². The molecule has 0 unspecified atom stereocenters. The maximum absolute atomic E-state index is 10.7. The Kier molecular flexibility index (Phi) is 5.66. The average molecular weight is 173 g/mol. The Morgan fingerprint density at radius 3 is 2.50 bits per heavy atom. The number of hydrazine groups is 1. The minimum atomic E-state index is -0.144. The van der Waals surface area contributed by atoms with Gasteiger partial charge in [0, 0.05) is 12.5 Å². The van der Waals surface area contributed by atoms with Crippen molar-refractivity contribution in [3.8, 4) is 0 Å². The molecular weight excluding hydrogens is 154 g/mol. The van der Waals surface area contributed by atoms with Crippen molar-refractivity contribution in [2.75, 3.05) is 0 Å². The van der Waals surface area contributed by atoms with Gasteiger partial charge in [-0.1, -0.05) is 13.8 Å². The van der Waals surface area contributed by atoms with Crippen LogP contribution < -0.4 is 17.0 Å². The Morgan fingerprint density at radius 2 is 2.08 bits per heavy atom. The van der Waals surface area contributed by atoms with Crippen molar-refractivity contribution in [2.24, 2.45) is 17.5 Å². The van der Waals surface area contributed by atoms with Crippen LogP contribution in [0.5, 0.6) is 0 Å². The summed E-state index contributed by atoms with van der Waals surface area (Å²) >= 11 is 0. The lowest BCUT2D eigenvalue weighted by Crippen LogP contribution is -2.32. The van der Waals surface area contributed by atoms with Crippen LogP contribution in [0.2, 0.25) is 0 Å². The largest absolute Gasteiger partial charge is 0.328 e. The number of rotatable bonds is 5. The topological polar surface area (TPSA) is 81.1 Å². The number of amides is 1. The fraction of sp³-hybridized carbons (Fsp3) is 0.875. The van der Waals surface area contributed by atoms with Crippen molar-refractivity contribution in [3.63, 3.8) is 0 Å². The molecule has 0 rings (SSSR count). The number of nitrogens with one attached hydrogen (secondary N) is 1. The monoisotopic (exact) mass is 173 g/mol. The molecule has 0 aliphatic heterocycles. The molecule has 4 nitrogen and oxygen atoms in total. The van der Waals surface area contributed by atoms with Crippen molar-refractivity contribution in [3.05, 3.63) is 0 Å². The predicted molar refractivity (Wildman–Crippen MR) is 49.0 cm³/mol. The fourth-order valence-corrected chi connectivity index (χ4v) is 1.11. The van der Waals surface area contributed by atoms with Crippen LogP contribution in [0, 0.1) is 5.92 Å². The van der Waals surface area contributed by atoms with E-state index in [1.807, 2.05) is 0 Å². The van der Waals surface area contributed by atoms with E-state index >= 15 is 0 Å². The van der Waals surface area contributed by atoms with Gasteiger partial charge in [-0.25, -0.2) is 5.84 Å². The first-order chi connectivity index (χ1) is 5.56. The highest BCUT2D eigenvalue weighted by molar-refractivity contribution is 5.75. The van der Waals surface area contributed by atoms with Crippen LogP contribution in [0.1, 0.15) is 33.1 Å². The number of hydrogen-bond donors (Lipinski definition) is 3. The van der Waals surface area contributed by atoms with Gasteiger partial charge in [-0.05, 0) is 18.8 Å². The smallest absolute Gasteiger partial charge is 0.233 e. The average Bonchev–Trinajstić information content (AvgIpc) is 1.99. The third-order valence-corrected chi connectivity index (χ3v) is 1.68. The van der Waals surface area contributed by atoms with E-state index in [0.29, 0.717) is 18.8 Å². The molecule has 0 aromatic rings. The zero-order chi connectivity index (χ0) is 9.56. The Hall–Kier alpha value is -0.610. The second-order valence-corrected chi connectivity index (χ2v) is 3.50. The van der Waals surface area contributed by atoms with Gasteiger partial charge >= 0.3 is 0 Å². The van der Waals surface area contributed by atoms with Crippen molar-refractivity contribution >= 4 is 5.91 Å². The highest BCUT2D eigenvalue weighted by Crippen LogP contribution is 2.06. The molecule has 0 aromatic heterocycles. The van der Waals surface area contributed by atoms with Crippen LogP contribution in [-0.2, 0) is 4.79 Å². The summed E-state index contributed by atoms with van der Waals surface area (Å²) in [4.78, 5) is 10.7. The Bertz CT molecular complexity index is 136. The van der Waals surface area contributed by atoms with Crippen molar-refractivity contribution < 1.29 is 4.79 Å². The Balaban J connectivity index is 3.43. The quantitative estimate of drug-likeness (QED) is 0.314. The van der Waals surface area contributed by atoms with Crippen molar-refractivity contribution in [2.45, 2.75) is 39.2 Å².